The topological polar surface area (TPSA) is 0 Å². The Morgan fingerprint density at radius 3 is 1.29 bits per heavy atom. The highest BCUT2D eigenvalue weighted by molar-refractivity contribution is 5.19. The second kappa shape index (κ2) is 4.99. The molecule has 0 spiro atoms. The van der Waals surface area contributed by atoms with Crippen LogP contribution in [0, 0.1) is 11.8 Å². The van der Waals surface area contributed by atoms with Crippen LogP contribution in [-0.4, -0.2) is 0 Å². The third-order valence-electron chi connectivity index (χ3n) is 3.30. The Labute approximate surface area is 87.7 Å². The van der Waals surface area contributed by atoms with Gasteiger partial charge >= 0.3 is 0 Å². The molecule has 0 bridgehead atoms. The molecule has 0 N–H and O–H groups in total. The first kappa shape index (κ1) is 11.0. The SMILES string of the molecule is C=CC(=C)C1CCC(C(=C)C=C)CC1. The first-order valence-electron chi connectivity index (χ1n) is 5.31. The van der Waals surface area contributed by atoms with E-state index in [1.54, 1.807) is 0 Å². The first-order valence-corrected chi connectivity index (χ1v) is 5.31. The van der Waals surface area contributed by atoms with Gasteiger partial charge in [-0.2, -0.15) is 0 Å². The molecule has 1 fully saturated rings. The molecule has 1 aliphatic carbocycles. The minimum absolute atomic E-state index is 0.654. The first-order chi connectivity index (χ1) is 6.69. The molecule has 0 aromatic rings. The molecule has 0 atom stereocenters. The van der Waals surface area contributed by atoms with Crippen LogP contribution in [-0.2, 0) is 0 Å². The number of allylic oxidation sites excluding steroid dienone is 4. The van der Waals surface area contributed by atoms with Crippen LogP contribution >= 0.6 is 0 Å². The van der Waals surface area contributed by atoms with E-state index in [-0.39, 0.29) is 0 Å². The van der Waals surface area contributed by atoms with Gasteiger partial charge in [0.25, 0.3) is 0 Å². The maximum absolute atomic E-state index is 4.03. The number of hydrogen-bond acceptors (Lipinski definition) is 0. The van der Waals surface area contributed by atoms with Gasteiger partial charge in [-0.3, -0.25) is 0 Å². The van der Waals surface area contributed by atoms with Crippen molar-refractivity contribution in [1.29, 1.82) is 0 Å². The Kier molecular flexibility index (Phi) is 3.94. The molecule has 1 rings (SSSR count). The molecule has 0 heteroatoms. The minimum Gasteiger partial charge on any atom is -0.0988 e. The van der Waals surface area contributed by atoms with E-state index in [0.29, 0.717) is 11.8 Å². The lowest BCUT2D eigenvalue weighted by atomic mass is 9.76. The van der Waals surface area contributed by atoms with E-state index in [4.69, 9.17) is 0 Å². The average Bonchev–Trinajstić information content (AvgIpc) is 2.27. The summed E-state index contributed by atoms with van der Waals surface area (Å²) in [5.74, 6) is 1.31. The highest BCUT2D eigenvalue weighted by Crippen LogP contribution is 2.36. The summed E-state index contributed by atoms with van der Waals surface area (Å²) in [5.41, 5.74) is 2.40. The summed E-state index contributed by atoms with van der Waals surface area (Å²) in [6.07, 6.45) is 8.69. The minimum atomic E-state index is 0.654. The summed E-state index contributed by atoms with van der Waals surface area (Å²) < 4.78 is 0. The van der Waals surface area contributed by atoms with Crippen molar-refractivity contribution in [2.24, 2.45) is 11.8 Å². The van der Waals surface area contributed by atoms with E-state index in [0.717, 1.165) is 0 Å². The fraction of sp³-hybridized carbons (Fsp3) is 0.429. The molecule has 76 valence electrons. The molecule has 0 saturated heterocycles. The van der Waals surface area contributed by atoms with Gasteiger partial charge in [-0.1, -0.05) is 49.6 Å². The predicted molar refractivity (Wildman–Crippen MR) is 64.1 cm³/mol. The maximum Gasteiger partial charge on any atom is -0.0168 e. The van der Waals surface area contributed by atoms with Crippen LogP contribution < -0.4 is 0 Å². The molecule has 0 nitrogen and oxygen atoms in total. The van der Waals surface area contributed by atoms with Crippen molar-refractivity contribution < 1.29 is 0 Å². The Bertz CT molecular complexity index is 221. The highest BCUT2D eigenvalue weighted by Gasteiger charge is 2.22. The smallest absolute Gasteiger partial charge is 0.0168 e. The van der Waals surface area contributed by atoms with Crippen molar-refractivity contribution in [1.82, 2.24) is 0 Å². The van der Waals surface area contributed by atoms with Gasteiger partial charge in [0.15, 0.2) is 0 Å². The second-order valence-corrected chi connectivity index (χ2v) is 4.11. The highest BCUT2D eigenvalue weighted by atomic mass is 14.3. The van der Waals surface area contributed by atoms with Gasteiger partial charge in [0.2, 0.25) is 0 Å². The monoisotopic (exact) mass is 188 g/mol. The summed E-state index contributed by atoms with van der Waals surface area (Å²) in [4.78, 5) is 0. The molecule has 14 heavy (non-hydrogen) atoms. The van der Waals surface area contributed by atoms with Gasteiger partial charge in [-0.05, 0) is 37.5 Å². The quantitative estimate of drug-likeness (QED) is 0.578. The number of hydrogen-bond donors (Lipinski definition) is 0. The zero-order valence-corrected chi connectivity index (χ0v) is 8.97. The number of rotatable bonds is 4. The normalized spacial score (nSPS) is 26.6. The Hall–Kier alpha value is -1.04. The Morgan fingerprint density at radius 2 is 1.07 bits per heavy atom. The molecule has 0 aromatic carbocycles. The zero-order chi connectivity index (χ0) is 10.6. The van der Waals surface area contributed by atoms with Crippen LogP contribution in [0.4, 0.5) is 0 Å². The lowest BCUT2D eigenvalue weighted by Gasteiger charge is -2.29. The van der Waals surface area contributed by atoms with Gasteiger partial charge in [0.05, 0.1) is 0 Å². The molecule has 0 radical (unpaired) electrons. The maximum atomic E-state index is 4.03. The van der Waals surface area contributed by atoms with Crippen LogP contribution in [0.5, 0.6) is 0 Å². The predicted octanol–water partition coefficient (Wildman–Crippen LogP) is 4.28. The summed E-state index contributed by atoms with van der Waals surface area (Å²) in [7, 11) is 0. The van der Waals surface area contributed by atoms with E-state index in [9.17, 15) is 0 Å². The molecule has 0 aromatic heterocycles. The molecule has 1 aliphatic rings. The standard InChI is InChI=1S/C14H20/c1-5-11(3)13-7-9-14(10-8-13)12(4)6-2/h5-6,13-14H,1-4,7-10H2. The summed E-state index contributed by atoms with van der Waals surface area (Å²) in [6.45, 7) is 15.6. The summed E-state index contributed by atoms with van der Waals surface area (Å²) in [5, 5.41) is 0. The summed E-state index contributed by atoms with van der Waals surface area (Å²) in [6, 6.07) is 0. The van der Waals surface area contributed by atoms with Crippen molar-refractivity contribution >= 4 is 0 Å². The molecular weight excluding hydrogens is 168 g/mol. The van der Waals surface area contributed by atoms with Gasteiger partial charge in [-0.15, -0.1) is 0 Å². The van der Waals surface area contributed by atoms with Crippen molar-refractivity contribution in [2.45, 2.75) is 25.7 Å². The van der Waals surface area contributed by atoms with Gasteiger partial charge in [0, 0.05) is 0 Å². The molecule has 0 heterocycles. The third kappa shape index (κ3) is 2.47. The van der Waals surface area contributed by atoms with Crippen molar-refractivity contribution in [2.75, 3.05) is 0 Å². The van der Waals surface area contributed by atoms with Crippen LogP contribution in [0.1, 0.15) is 25.7 Å². The van der Waals surface area contributed by atoms with Crippen molar-refractivity contribution in [3.63, 3.8) is 0 Å². The van der Waals surface area contributed by atoms with Crippen LogP contribution in [0.2, 0.25) is 0 Å². The van der Waals surface area contributed by atoms with Crippen molar-refractivity contribution in [3.8, 4) is 0 Å². The van der Waals surface area contributed by atoms with E-state index in [1.807, 2.05) is 12.2 Å². The van der Waals surface area contributed by atoms with Crippen molar-refractivity contribution in [3.05, 3.63) is 49.6 Å². The Morgan fingerprint density at radius 1 is 0.786 bits per heavy atom. The van der Waals surface area contributed by atoms with Crippen LogP contribution in [0.3, 0.4) is 0 Å². The Balaban J connectivity index is 2.45. The molecule has 0 amide bonds. The van der Waals surface area contributed by atoms with Crippen LogP contribution in [0.25, 0.3) is 0 Å². The zero-order valence-electron chi connectivity index (χ0n) is 8.97. The van der Waals surface area contributed by atoms with E-state index in [1.165, 1.54) is 36.8 Å². The van der Waals surface area contributed by atoms with E-state index >= 15 is 0 Å². The fourth-order valence-electron chi connectivity index (χ4n) is 2.17. The third-order valence-corrected chi connectivity index (χ3v) is 3.30. The van der Waals surface area contributed by atoms with Gasteiger partial charge < -0.3 is 0 Å². The lowest BCUT2D eigenvalue weighted by Crippen LogP contribution is -2.15. The fourth-order valence-corrected chi connectivity index (χ4v) is 2.17. The van der Waals surface area contributed by atoms with E-state index < -0.39 is 0 Å². The lowest BCUT2D eigenvalue weighted by molar-refractivity contribution is 0.341. The molecule has 0 aliphatic heterocycles. The second-order valence-electron chi connectivity index (χ2n) is 4.11. The average molecular weight is 188 g/mol. The largest absolute Gasteiger partial charge is 0.0988 e. The van der Waals surface area contributed by atoms with Gasteiger partial charge in [0.1, 0.15) is 0 Å². The molecule has 1 saturated carbocycles. The molecule has 0 unspecified atom stereocenters. The van der Waals surface area contributed by atoms with Crippen LogP contribution in [0.15, 0.2) is 49.6 Å². The van der Waals surface area contributed by atoms with E-state index in [2.05, 4.69) is 26.3 Å². The summed E-state index contributed by atoms with van der Waals surface area (Å²) >= 11 is 0. The van der Waals surface area contributed by atoms with Gasteiger partial charge in [-0.25, -0.2) is 0 Å². The molecular formula is C14H20.